The van der Waals surface area contributed by atoms with Gasteiger partial charge in [-0.3, -0.25) is 15.4 Å². The number of aromatic amines is 1. The van der Waals surface area contributed by atoms with Crippen LogP contribution in [-0.4, -0.2) is 44.6 Å². The van der Waals surface area contributed by atoms with Crippen molar-refractivity contribution in [2.45, 2.75) is 16.7 Å². The molecule has 5 aromatic rings. The summed E-state index contributed by atoms with van der Waals surface area (Å²) in [5.41, 5.74) is 5.49. The summed E-state index contributed by atoms with van der Waals surface area (Å²) in [6.07, 6.45) is 0. The molecule has 268 valence electrons. The van der Waals surface area contributed by atoms with E-state index in [1.54, 1.807) is 24.3 Å². The molecule has 0 spiro atoms. The van der Waals surface area contributed by atoms with Crippen LogP contribution in [-0.2, 0) is 29.6 Å². The molecule has 17 nitrogen and oxygen atoms in total. The molecular weight excluding hydrogens is 863 g/mol. The molecule has 10 N–H and O–H groups in total. The average molecular weight is 891 g/mol. The smallest absolute Gasteiger partial charge is 0.550 e. The van der Waals surface area contributed by atoms with Crippen molar-refractivity contribution in [3.8, 4) is 5.88 Å². The minimum Gasteiger partial charge on any atom is -0.550 e. The van der Waals surface area contributed by atoms with Crippen LogP contribution in [0.15, 0.2) is 114 Å². The summed E-state index contributed by atoms with van der Waals surface area (Å²) in [6.45, 7) is 0.972. The Morgan fingerprint density at radius 3 is 1.85 bits per heavy atom. The number of H-pyrrole nitrogens is 1. The van der Waals surface area contributed by atoms with Crippen LogP contribution in [0.5, 0.6) is 5.88 Å². The number of carboxylic acid groups (broad SMARTS) is 1. The fourth-order valence-electron chi connectivity index (χ4n) is 3.91. The number of benzene rings is 4. The maximum absolute atomic E-state index is 11.2. The summed E-state index contributed by atoms with van der Waals surface area (Å²) in [5, 5.41) is 39.9. The SMILES string of the molecule is CC(=O)[O-].NNc1ccc(S(N)(=O)=O)cc1.NS(=O)(=O)c1ccc(N=Nc2c(O)[nH]c3cc(Br)ccc23)cc1.O=C1Nc2cc(Br)ccc2C1=O.[Na+]. The Morgan fingerprint density at radius 1 is 0.827 bits per heavy atom. The van der Waals surface area contributed by atoms with Crippen molar-refractivity contribution >= 4 is 103 Å². The van der Waals surface area contributed by atoms with Gasteiger partial charge in [-0.15, -0.1) is 5.11 Å². The standard InChI is InChI=1S/C14H11BrN4O3S.C8H4BrNO2.C6H9N3O2S.C2H4O2.Na/c15-8-1-6-11-12(7-8)17-14(20)13(11)19-18-9-2-4-10(5-3-9)23(16,21)22;9-4-1-2-5-6(3-4)10-8(12)7(5)11;7-9-5-1-3-6(4-2-5)12(8,10)11;1-2(3)4;/h1-7,17,20H,(H2,16,21,22);1-3H,(H,10,11,12);1-4,9H,7H2,(H2,8,10,11);1H3,(H,3,4);/q;;;;+1/p-1. The molecule has 0 saturated carbocycles. The number of sulfonamides is 2. The average Bonchev–Trinajstić information content (AvgIpc) is 3.51. The summed E-state index contributed by atoms with van der Waals surface area (Å²) in [5.74, 6) is 2.89. The van der Waals surface area contributed by atoms with Crippen molar-refractivity contribution in [2.75, 3.05) is 10.7 Å². The number of hydrogen-bond donors (Lipinski definition) is 7. The number of aliphatic carboxylic acids is 1. The zero-order valence-corrected chi connectivity index (χ0v) is 33.8. The second kappa shape index (κ2) is 19.2. The van der Waals surface area contributed by atoms with E-state index in [0.717, 1.165) is 26.8 Å². The van der Waals surface area contributed by atoms with Crippen molar-refractivity contribution in [1.29, 1.82) is 0 Å². The number of nitrogens with two attached hydrogens (primary N) is 3. The first-order valence-corrected chi connectivity index (χ1v) is 18.4. The predicted octanol–water partition coefficient (Wildman–Crippen LogP) is 0.663. The van der Waals surface area contributed by atoms with Crippen LogP contribution in [0.4, 0.5) is 22.7 Å². The summed E-state index contributed by atoms with van der Waals surface area (Å²) >= 11 is 6.59. The van der Waals surface area contributed by atoms with Crippen molar-refractivity contribution in [1.82, 2.24) is 4.98 Å². The van der Waals surface area contributed by atoms with Gasteiger partial charge >= 0.3 is 29.6 Å². The largest absolute Gasteiger partial charge is 1.00 e. The predicted molar refractivity (Wildman–Crippen MR) is 193 cm³/mol. The number of nitrogen functional groups attached to an aromatic ring is 1. The normalized spacial score (nSPS) is 11.8. The molecule has 1 aliphatic heterocycles. The Kier molecular flexibility index (Phi) is 16.3. The molecule has 1 aromatic heterocycles. The number of Topliss-reactive ketones (excluding diaryl/α,β-unsaturated/α-hetero) is 1. The van der Waals surface area contributed by atoms with Crippen LogP contribution in [0.1, 0.15) is 17.3 Å². The zero-order chi connectivity index (χ0) is 38.1. The molecule has 1 amide bonds. The van der Waals surface area contributed by atoms with E-state index < -0.39 is 37.7 Å². The Morgan fingerprint density at radius 2 is 1.33 bits per heavy atom. The Balaban J connectivity index is 0.000000274. The fraction of sp³-hybridized carbons (Fsp3) is 0.0333. The van der Waals surface area contributed by atoms with Gasteiger partial charge in [0, 0.05) is 26.0 Å². The third kappa shape index (κ3) is 12.9. The van der Waals surface area contributed by atoms with Crippen LogP contribution in [0.2, 0.25) is 0 Å². The molecule has 0 unspecified atom stereocenters. The van der Waals surface area contributed by atoms with Crippen molar-refractivity contribution in [3.63, 3.8) is 0 Å². The number of primary sulfonamides is 2. The third-order valence-electron chi connectivity index (χ3n) is 6.18. The number of aromatic nitrogens is 1. The summed E-state index contributed by atoms with van der Waals surface area (Å²) in [6, 6.07) is 22.0. The number of hydrogen-bond acceptors (Lipinski definition) is 13. The maximum atomic E-state index is 11.2. The van der Waals surface area contributed by atoms with Crippen LogP contribution in [0.25, 0.3) is 10.9 Å². The number of anilines is 2. The van der Waals surface area contributed by atoms with Crippen molar-refractivity contribution in [2.24, 2.45) is 26.3 Å². The van der Waals surface area contributed by atoms with Gasteiger partial charge < -0.3 is 30.7 Å². The van der Waals surface area contributed by atoms with E-state index in [1.807, 2.05) is 12.1 Å². The van der Waals surface area contributed by atoms with Gasteiger partial charge in [0.2, 0.25) is 25.9 Å². The number of carbonyl (C=O) groups excluding carboxylic acids is 3. The second-order valence-corrected chi connectivity index (χ2v) is 14.9. The second-order valence-electron chi connectivity index (χ2n) is 9.93. The number of nitrogens with zero attached hydrogens (tertiary/aromatic N) is 2. The molecule has 0 radical (unpaired) electrons. The van der Waals surface area contributed by atoms with Gasteiger partial charge in [-0.05, 0) is 91.9 Å². The molecule has 1 aliphatic rings. The van der Waals surface area contributed by atoms with Gasteiger partial charge in [0.15, 0.2) is 5.69 Å². The Labute approximate surface area is 335 Å². The van der Waals surface area contributed by atoms with Gasteiger partial charge in [0.1, 0.15) is 0 Å². The van der Waals surface area contributed by atoms with E-state index in [2.05, 4.69) is 57.8 Å². The fourth-order valence-corrected chi connectivity index (χ4v) is 5.67. The number of carboxylic acids is 1. The van der Waals surface area contributed by atoms with E-state index in [0.29, 0.717) is 28.3 Å². The molecule has 0 bridgehead atoms. The van der Waals surface area contributed by atoms with E-state index in [9.17, 15) is 31.5 Å². The number of azo groups is 1. The van der Waals surface area contributed by atoms with E-state index in [4.69, 9.17) is 26.0 Å². The Bertz CT molecular complexity index is 2340. The van der Waals surface area contributed by atoms with Crippen LogP contribution in [0.3, 0.4) is 0 Å². The van der Waals surface area contributed by atoms with Crippen LogP contribution < -0.4 is 61.5 Å². The number of fused-ring (bicyclic) bond motifs is 2. The number of hydrazine groups is 1. The van der Waals surface area contributed by atoms with Gasteiger partial charge in [0.25, 0.3) is 11.7 Å². The van der Waals surface area contributed by atoms with E-state index in [1.165, 1.54) is 48.5 Å². The first kappa shape index (κ1) is 44.1. The molecule has 0 fully saturated rings. The molecular formula is C30H27Br2N8NaO9S2. The topological polar surface area (TPSA) is 305 Å². The molecule has 0 saturated heterocycles. The first-order chi connectivity index (χ1) is 23.8. The summed E-state index contributed by atoms with van der Waals surface area (Å²) in [7, 11) is -7.34. The van der Waals surface area contributed by atoms with E-state index >= 15 is 0 Å². The number of carbonyl (C=O) groups is 3. The zero-order valence-electron chi connectivity index (χ0n) is 27.0. The number of aromatic hydroxyl groups is 1. The molecule has 52 heavy (non-hydrogen) atoms. The maximum Gasteiger partial charge on any atom is 1.00 e. The first-order valence-electron chi connectivity index (χ1n) is 13.8. The van der Waals surface area contributed by atoms with Crippen LogP contribution in [0, 0.1) is 0 Å². The minimum atomic E-state index is -3.74. The number of ketones is 1. The summed E-state index contributed by atoms with van der Waals surface area (Å²) in [4.78, 5) is 33.7. The molecule has 0 aliphatic carbocycles. The van der Waals surface area contributed by atoms with Crippen molar-refractivity contribution < 1.29 is 71.0 Å². The molecule has 0 atom stereocenters. The number of nitrogens with one attached hydrogen (secondary N) is 3. The van der Waals surface area contributed by atoms with Crippen LogP contribution >= 0.6 is 31.9 Å². The number of amides is 1. The van der Waals surface area contributed by atoms with E-state index in [-0.39, 0.29) is 45.2 Å². The third-order valence-corrected chi connectivity index (χ3v) is 9.02. The molecule has 2 heterocycles. The number of halogens is 2. The number of rotatable bonds is 5. The summed E-state index contributed by atoms with van der Waals surface area (Å²) < 4.78 is 45.6. The Hall–Kier alpha value is -4.03. The monoisotopic (exact) mass is 888 g/mol. The van der Waals surface area contributed by atoms with Gasteiger partial charge in [0.05, 0.1) is 32.2 Å². The van der Waals surface area contributed by atoms with Gasteiger partial charge in [-0.1, -0.05) is 31.9 Å². The minimum absolute atomic E-state index is 0. The molecule has 6 rings (SSSR count). The van der Waals surface area contributed by atoms with Crippen molar-refractivity contribution in [3.05, 3.63) is 99.4 Å². The van der Waals surface area contributed by atoms with Gasteiger partial charge in [-0.2, -0.15) is 5.11 Å². The quantitative estimate of drug-likeness (QED) is 0.0423. The molecule has 22 heteroatoms. The molecule has 4 aromatic carbocycles. The van der Waals surface area contributed by atoms with Gasteiger partial charge in [-0.25, -0.2) is 27.1 Å².